The van der Waals surface area contributed by atoms with Crippen LogP contribution in [0, 0.1) is 0 Å². The van der Waals surface area contributed by atoms with Gasteiger partial charge >= 0.3 is 0 Å². The molecule has 0 saturated heterocycles. The van der Waals surface area contributed by atoms with Crippen LogP contribution in [0.4, 0.5) is 0 Å². The maximum Gasteiger partial charge on any atom is 0.228 e. The van der Waals surface area contributed by atoms with Crippen LogP contribution in [0.5, 0.6) is 0 Å². The fourth-order valence-corrected chi connectivity index (χ4v) is 1.09. The first-order chi connectivity index (χ1) is 6.26. The summed E-state index contributed by atoms with van der Waals surface area (Å²) < 4.78 is 0. The lowest BCUT2D eigenvalue weighted by Crippen LogP contribution is -2.33. The number of nitrogens with zero attached hydrogens (tertiary/aromatic N) is 4. The van der Waals surface area contributed by atoms with E-state index in [1.165, 1.54) is 0 Å². The lowest BCUT2D eigenvalue weighted by Gasteiger charge is -2.20. The zero-order chi connectivity index (χ0) is 10.1. The first-order valence-corrected chi connectivity index (χ1v) is 4.54. The summed E-state index contributed by atoms with van der Waals surface area (Å²) in [5.41, 5.74) is 8.04. The Morgan fingerprint density at radius 3 is 2.31 bits per heavy atom. The molecule has 1 amide bonds. The fraction of sp³-hybridized carbons (Fsp3) is 0.875. The van der Waals surface area contributed by atoms with E-state index in [1.807, 2.05) is 13.8 Å². The Morgan fingerprint density at radius 2 is 1.92 bits per heavy atom. The smallest absolute Gasteiger partial charge is 0.228 e. The second-order valence-corrected chi connectivity index (χ2v) is 2.77. The Bertz CT molecular complexity index is 192. The normalized spacial score (nSPS) is 9.08. The lowest BCUT2D eigenvalue weighted by molar-refractivity contribution is -0.129. The van der Waals surface area contributed by atoms with Crippen molar-refractivity contribution in [2.45, 2.75) is 26.7 Å². The van der Waals surface area contributed by atoms with Gasteiger partial charge in [-0.1, -0.05) is 19.0 Å². The summed E-state index contributed by atoms with van der Waals surface area (Å²) in [6, 6.07) is 0. The van der Waals surface area contributed by atoms with Crippen LogP contribution in [0.15, 0.2) is 5.11 Å². The van der Waals surface area contributed by atoms with Crippen molar-refractivity contribution in [2.75, 3.05) is 19.6 Å². The molecule has 0 bridgehead atoms. The van der Waals surface area contributed by atoms with Gasteiger partial charge in [-0.25, -0.2) is 0 Å². The van der Waals surface area contributed by atoms with Crippen LogP contribution in [-0.2, 0) is 4.79 Å². The summed E-state index contributed by atoms with van der Waals surface area (Å²) in [7, 11) is 0. The molecule has 0 aliphatic heterocycles. The third-order valence-electron chi connectivity index (χ3n) is 1.61. The van der Waals surface area contributed by atoms with Gasteiger partial charge in [0.2, 0.25) is 5.91 Å². The predicted octanol–water partition coefficient (Wildman–Crippen LogP) is 1.95. The summed E-state index contributed by atoms with van der Waals surface area (Å²) in [6.45, 7) is 5.46. The van der Waals surface area contributed by atoms with Gasteiger partial charge < -0.3 is 4.90 Å². The molecule has 0 atom stereocenters. The van der Waals surface area contributed by atoms with E-state index in [0.717, 1.165) is 25.9 Å². The third-order valence-corrected chi connectivity index (χ3v) is 1.61. The fourth-order valence-electron chi connectivity index (χ4n) is 1.09. The topological polar surface area (TPSA) is 69.1 Å². The van der Waals surface area contributed by atoms with E-state index < -0.39 is 0 Å². The number of rotatable bonds is 6. The molecule has 0 aromatic rings. The summed E-state index contributed by atoms with van der Waals surface area (Å²) in [5.74, 6) is -0.0819. The Balaban J connectivity index is 4.01. The number of carbonyl (C=O) groups is 1. The van der Waals surface area contributed by atoms with E-state index in [0.29, 0.717) is 0 Å². The van der Waals surface area contributed by atoms with Crippen LogP contribution < -0.4 is 0 Å². The highest BCUT2D eigenvalue weighted by atomic mass is 16.2. The minimum atomic E-state index is -0.0819. The van der Waals surface area contributed by atoms with Gasteiger partial charge in [0, 0.05) is 18.0 Å². The van der Waals surface area contributed by atoms with Crippen molar-refractivity contribution in [3.63, 3.8) is 0 Å². The molecule has 0 aromatic heterocycles. The minimum absolute atomic E-state index is 0.0590. The molecule has 13 heavy (non-hydrogen) atoms. The molecule has 0 N–H and O–H groups in total. The van der Waals surface area contributed by atoms with Crippen molar-refractivity contribution >= 4 is 5.91 Å². The average molecular weight is 184 g/mol. The molecule has 5 heteroatoms. The number of amides is 1. The molecule has 74 valence electrons. The van der Waals surface area contributed by atoms with Crippen LogP contribution in [-0.4, -0.2) is 30.4 Å². The number of hydrogen-bond donors (Lipinski definition) is 0. The first kappa shape index (κ1) is 11.8. The second kappa shape index (κ2) is 7.43. The average Bonchev–Trinajstić information content (AvgIpc) is 2.14. The molecule has 5 nitrogen and oxygen atoms in total. The molecule has 0 aliphatic rings. The van der Waals surface area contributed by atoms with Crippen molar-refractivity contribution in [1.29, 1.82) is 0 Å². The first-order valence-electron chi connectivity index (χ1n) is 4.54. The maximum absolute atomic E-state index is 11.3. The highest BCUT2D eigenvalue weighted by molar-refractivity contribution is 5.78. The van der Waals surface area contributed by atoms with Crippen LogP contribution in [0.1, 0.15) is 26.7 Å². The van der Waals surface area contributed by atoms with Crippen molar-refractivity contribution in [2.24, 2.45) is 5.11 Å². The van der Waals surface area contributed by atoms with E-state index in [9.17, 15) is 4.79 Å². The summed E-state index contributed by atoms with van der Waals surface area (Å²) in [4.78, 5) is 15.6. The molecule has 0 unspecified atom stereocenters. The van der Waals surface area contributed by atoms with Gasteiger partial charge in [0.25, 0.3) is 0 Å². The second-order valence-electron chi connectivity index (χ2n) is 2.77. The highest BCUT2D eigenvalue weighted by Crippen LogP contribution is 1.95. The van der Waals surface area contributed by atoms with Gasteiger partial charge in [-0.3, -0.25) is 4.79 Å². The molecule has 0 aromatic carbocycles. The largest absolute Gasteiger partial charge is 0.343 e. The molecule has 0 aliphatic carbocycles. The number of hydrogen-bond acceptors (Lipinski definition) is 2. The zero-order valence-electron chi connectivity index (χ0n) is 8.23. The number of azide groups is 1. The molecule has 0 fully saturated rings. The third kappa shape index (κ3) is 5.09. The monoisotopic (exact) mass is 184 g/mol. The van der Waals surface area contributed by atoms with Crippen LogP contribution >= 0.6 is 0 Å². The van der Waals surface area contributed by atoms with Gasteiger partial charge in [0.1, 0.15) is 6.54 Å². The molecule has 0 rings (SSSR count). The minimum Gasteiger partial charge on any atom is -0.343 e. The van der Waals surface area contributed by atoms with Gasteiger partial charge in [-0.05, 0) is 18.4 Å². The summed E-state index contributed by atoms with van der Waals surface area (Å²) in [5, 5.41) is 3.25. The number of carbonyl (C=O) groups excluding carboxylic acids is 1. The Morgan fingerprint density at radius 1 is 1.38 bits per heavy atom. The molecule has 0 spiro atoms. The highest BCUT2D eigenvalue weighted by Gasteiger charge is 2.09. The zero-order valence-corrected chi connectivity index (χ0v) is 8.23. The van der Waals surface area contributed by atoms with E-state index in [4.69, 9.17) is 5.53 Å². The van der Waals surface area contributed by atoms with E-state index >= 15 is 0 Å². The van der Waals surface area contributed by atoms with E-state index in [-0.39, 0.29) is 12.5 Å². The van der Waals surface area contributed by atoms with Crippen LogP contribution in [0.3, 0.4) is 0 Å². The van der Waals surface area contributed by atoms with E-state index in [1.54, 1.807) is 4.90 Å². The van der Waals surface area contributed by atoms with Crippen LogP contribution in [0.2, 0.25) is 0 Å². The van der Waals surface area contributed by atoms with Crippen LogP contribution in [0.25, 0.3) is 10.4 Å². The van der Waals surface area contributed by atoms with Gasteiger partial charge in [0.05, 0.1) is 0 Å². The Kier molecular flexibility index (Phi) is 6.73. The van der Waals surface area contributed by atoms with E-state index in [2.05, 4.69) is 10.0 Å². The quantitative estimate of drug-likeness (QED) is 0.353. The molecule has 0 radical (unpaired) electrons. The summed E-state index contributed by atoms with van der Waals surface area (Å²) >= 11 is 0. The Hall–Kier alpha value is -1.22. The van der Waals surface area contributed by atoms with Crippen molar-refractivity contribution in [1.82, 2.24) is 4.90 Å². The molecular formula is C8H16N4O. The molecule has 0 saturated carbocycles. The lowest BCUT2D eigenvalue weighted by atomic mass is 10.3. The Labute approximate surface area is 78.3 Å². The SMILES string of the molecule is CCCN(CCC)C(=O)CN=[N+]=[N-]. The molecule has 0 heterocycles. The maximum atomic E-state index is 11.3. The summed E-state index contributed by atoms with van der Waals surface area (Å²) in [6.07, 6.45) is 1.87. The predicted molar refractivity (Wildman–Crippen MR) is 51.2 cm³/mol. The van der Waals surface area contributed by atoms with Crippen molar-refractivity contribution in [3.05, 3.63) is 10.4 Å². The van der Waals surface area contributed by atoms with Gasteiger partial charge in [-0.2, -0.15) is 0 Å². The van der Waals surface area contributed by atoms with Gasteiger partial charge in [-0.15, -0.1) is 0 Å². The van der Waals surface area contributed by atoms with Crippen molar-refractivity contribution < 1.29 is 4.79 Å². The van der Waals surface area contributed by atoms with Gasteiger partial charge in [0.15, 0.2) is 0 Å². The van der Waals surface area contributed by atoms with Crippen molar-refractivity contribution in [3.8, 4) is 0 Å². The standard InChI is InChI=1S/C8H16N4O/c1-3-5-12(6-4-2)8(13)7-10-11-9/h3-7H2,1-2H3. The molecular weight excluding hydrogens is 168 g/mol.